The minimum atomic E-state index is -2.64. The van der Waals surface area contributed by atoms with Crippen LogP contribution in [0.15, 0.2) is 192 Å². The molecule has 9 rings (SSSR count). The highest BCUT2D eigenvalue weighted by atomic mass is 28.3. The molecule has 7 aromatic rings. The second kappa shape index (κ2) is 15.8. The van der Waals surface area contributed by atoms with Crippen LogP contribution in [0.5, 0.6) is 0 Å². The fraction of sp³-hybridized carbons (Fsp3) is 0.104. The first-order valence-corrected chi connectivity index (χ1v) is 20.8. The van der Waals surface area contributed by atoms with Gasteiger partial charge in [0.2, 0.25) is 11.4 Å². The maximum Gasteiger partial charge on any atom is 0.250 e. The van der Waals surface area contributed by atoms with Gasteiger partial charge in [-0.15, -0.1) is 0 Å². The molecule has 7 aromatic carbocycles. The Hall–Kier alpha value is -6.95. The Kier molecular flexibility index (Phi) is 10.2. The summed E-state index contributed by atoms with van der Waals surface area (Å²) >= 11 is 0. The van der Waals surface area contributed by atoms with E-state index in [9.17, 15) is 5.26 Å². The number of hydrogen-bond donors (Lipinski definition) is 0. The van der Waals surface area contributed by atoms with Crippen LogP contribution < -0.4 is 30.5 Å². The minimum absolute atomic E-state index is 0.634. The zero-order valence-corrected chi connectivity index (χ0v) is 32.9. The van der Waals surface area contributed by atoms with Crippen LogP contribution in [0.1, 0.15) is 11.1 Å². The van der Waals surface area contributed by atoms with Gasteiger partial charge in [0.05, 0.1) is 16.9 Å². The van der Waals surface area contributed by atoms with Crippen molar-refractivity contribution < 1.29 is 9.39 Å². The standard InChI is InChI=1S/C32H28N3Si.C16H15N4/c1-34-25-35(26-15-6-2-7-16-26)33-30-23-14-24-31(32(30)34)36(27-17-8-3-9-18-27,28-19-10-4-11-20-28)29-21-12-5-13-22-29;1-12-8-13(10-17)16-15(9-12)18-20(11-19(16)2)14-6-4-3-5-7-14/h2-24H,25H2,1H3;3-9H,11H2,1-2H3/q2*+1. The largest absolute Gasteiger partial charge is 0.316 e. The molecule has 8 heteroatoms. The van der Waals surface area contributed by atoms with Gasteiger partial charge < -0.3 is 9.80 Å². The van der Waals surface area contributed by atoms with Gasteiger partial charge >= 0.3 is 0 Å². The predicted octanol–water partition coefficient (Wildman–Crippen LogP) is 8.60. The summed E-state index contributed by atoms with van der Waals surface area (Å²) in [5, 5.41) is 24.6. The van der Waals surface area contributed by atoms with E-state index in [0.29, 0.717) is 18.9 Å². The Morgan fingerprint density at radius 1 is 0.518 bits per heavy atom. The van der Waals surface area contributed by atoms with Gasteiger partial charge in [-0.3, -0.25) is 0 Å². The number of aryl methyl sites for hydroxylation is 1. The van der Waals surface area contributed by atoms with Gasteiger partial charge in [-0.2, -0.15) is 5.26 Å². The average Bonchev–Trinajstić information content (AvgIpc) is 3.25. The number of fused-ring (bicyclic) bond motifs is 2. The molecule has 2 aliphatic heterocycles. The normalized spacial score (nSPS) is 13.2. The van der Waals surface area contributed by atoms with E-state index in [1.165, 1.54) is 26.4 Å². The second-order valence-corrected chi connectivity index (χ2v) is 17.9. The van der Waals surface area contributed by atoms with Gasteiger partial charge in [0.1, 0.15) is 6.07 Å². The molecule has 0 amide bonds. The maximum absolute atomic E-state index is 9.29. The van der Waals surface area contributed by atoms with Crippen molar-refractivity contribution in [1.29, 1.82) is 5.26 Å². The number of hydrogen-bond acceptors (Lipinski definition) is 5. The van der Waals surface area contributed by atoms with E-state index >= 15 is 0 Å². The topological polar surface area (TPSA) is 61.0 Å². The highest BCUT2D eigenvalue weighted by Crippen LogP contribution is 2.37. The van der Waals surface area contributed by atoms with E-state index in [2.05, 4.69) is 166 Å². The van der Waals surface area contributed by atoms with E-state index in [4.69, 9.17) is 5.11 Å². The van der Waals surface area contributed by atoms with Crippen LogP contribution in [0.2, 0.25) is 0 Å². The Balaban J connectivity index is 0.000000186. The molecule has 2 heterocycles. The van der Waals surface area contributed by atoms with Crippen LogP contribution in [0, 0.1) is 18.3 Å². The Labute approximate surface area is 330 Å². The lowest BCUT2D eigenvalue weighted by Crippen LogP contribution is -2.75. The summed E-state index contributed by atoms with van der Waals surface area (Å²) in [6.45, 7) is 3.31. The third kappa shape index (κ3) is 6.81. The lowest BCUT2D eigenvalue weighted by Gasteiger charge is -2.37. The molecular weight excluding hydrogens is 703 g/mol. The SMILES string of the molecule is CN1C[N+](c2ccccc2)=Nc2cccc([Si](c3ccccc3)(c3ccccc3)c3ccccc3)c21.Cc1cc(C#N)c2c(c1)N=[N+](c1ccccc1)CN2C. The maximum atomic E-state index is 9.29. The smallest absolute Gasteiger partial charge is 0.250 e. The number of nitrogens with zero attached hydrogens (tertiary/aromatic N) is 7. The predicted molar refractivity (Wildman–Crippen MR) is 229 cm³/mol. The molecule has 0 spiro atoms. The van der Waals surface area contributed by atoms with Crippen molar-refractivity contribution in [2.75, 3.05) is 37.2 Å². The summed E-state index contributed by atoms with van der Waals surface area (Å²) in [6, 6.07) is 66.5. The minimum Gasteiger partial charge on any atom is -0.316 e. The first-order valence-electron chi connectivity index (χ1n) is 18.8. The van der Waals surface area contributed by atoms with Crippen LogP contribution in [0.4, 0.5) is 34.1 Å². The fourth-order valence-corrected chi connectivity index (χ4v) is 13.0. The first-order chi connectivity index (χ1) is 27.5. The van der Waals surface area contributed by atoms with Gasteiger partial charge in [-0.05, 0) is 51.4 Å². The van der Waals surface area contributed by atoms with Crippen molar-refractivity contribution in [3.05, 3.63) is 193 Å². The third-order valence-corrected chi connectivity index (χ3v) is 15.2. The van der Waals surface area contributed by atoms with Crippen molar-refractivity contribution in [2.24, 2.45) is 10.2 Å². The van der Waals surface area contributed by atoms with Gasteiger partial charge in [0.15, 0.2) is 19.4 Å². The molecule has 272 valence electrons. The number of rotatable bonds is 6. The van der Waals surface area contributed by atoms with Crippen LogP contribution in [0.25, 0.3) is 0 Å². The average molecular weight is 746 g/mol. The molecule has 0 aliphatic carbocycles. The van der Waals surface area contributed by atoms with Crippen LogP contribution in [0.3, 0.4) is 0 Å². The van der Waals surface area contributed by atoms with E-state index in [1.54, 1.807) is 0 Å². The molecule has 0 saturated carbocycles. The molecular formula is C48H43N7Si+2. The lowest BCUT2D eigenvalue weighted by molar-refractivity contribution is -0.509. The summed E-state index contributed by atoms with van der Waals surface area (Å²) < 4.78 is 4.03. The Morgan fingerprint density at radius 2 is 0.946 bits per heavy atom. The molecule has 0 N–H and O–H groups in total. The van der Waals surface area contributed by atoms with Gasteiger partial charge in [0, 0.05) is 48.6 Å². The number of para-hydroxylation sites is 3. The summed E-state index contributed by atoms with van der Waals surface area (Å²) in [4.78, 5) is 4.43. The molecule has 0 unspecified atom stereocenters. The first kappa shape index (κ1) is 36.0. The highest BCUT2D eigenvalue weighted by Gasteiger charge is 2.45. The number of benzene rings is 7. The molecule has 0 atom stereocenters. The van der Waals surface area contributed by atoms with E-state index in [1.807, 2.05) is 67.2 Å². The third-order valence-electron chi connectivity index (χ3n) is 10.4. The van der Waals surface area contributed by atoms with Gasteiger partial charge in [-0.1, -0.05) is 149 Å². The van der Waals surface area contributed by atoms with Gasteiger partial charge in [-0.25, -0.2) is 0 Å². The van der Waals surface area contributed by atoms with Crippen molar-refractivity contribution in [3.63, 3.8) is 0 Å². The van der Waals surface area contributed by atoms with E-state index in [-0.39, 0.29) is 0 Å². The van der Waals surface area contributed by atoms with E-state index < -0.39 is 8.07 Å². The van der Waals surface area contributed by atoms with Crippen molar-refractivity contribution >= 4 is 62.9 Å². The van der Waals surface area contributed by atoms with E-state index in [0.717, 1.165) is 34.0 Å². The quantitative estimate of drug-likeness (QED) is 0.0974. The van der Waals surface area contributed by atoms with Crippen LogP contribution in [-0.2, 0) is 0 Å². The highest BCUT2D eigenvalue weighted by molar-refractivity contribution is 7.20. The van der Waals surface area contributed by atoms with Crippen molar-refractivity contribution in [1.82, 2.24) is 0 Å². The summed E-state index contributed by atoms with van der Waals surface area (Å²) in [6.07, 6.45) is 0. The van der Waals surface area contributed by atoms with Crippen molar-refractivity contribution in [3.8, 4) is 6.07 Å². The molecule has 0 radical (unpaired) electrons. The Morgan fingerprint density at radius 3 is 1.41 bits per heavy atom. The molecule has 0 aromatic heterocycles. The number of anilines is 2. The zero-order chi connectivity index (χ0) is 38.5. The Bertz CT molecular complexity index is 2470. The van der Waals surface area contributed by atoms with Crippen LogP contribution in [-0.4, -0.2) is 44.9 Å². The monoisotopic (exact) mass is 745 g/mol. The lowest BCUT2D eigenvalue weighted by atomic mass is 10.1. The fourth-order valence-electron chi connectivity index (χ4n) is 8.01. The molecule has 0 saturated heterocycles. The summed E-state index contributed by atoms with van der Waals surface area (Å²) in [5.41, 5.74) is 7.84. The molecule has 2 aliphatic rings. The van der Waals surface area contributed by atoms with Crippen molar-refractivity contribution in [2.45, 2.75) is 6.92 Å². The number of nitriles is 1. The molecule has 56 heavy (non-hydrogen) atoms. The van der Waals surface area contributed by atoms with Gasteiger partial charge in [0.25, 0.3) is 13.3 Å². The zero-order valence-electron chi connectivity index (χ0n) is 31.9. The molecule has 0 bridgehead atoms. The summed E-state index contributed by atoms with van der Waals surface area (Å²) in [5.74, 6) is 0. The second-order valence-electron chi connectivity index (χ2n) is 14.2. The number of azo groups is 4. The molecule has 7 nitrogen and oxygen atoms in total. The molecule has 0 fully saturated rings. The van der Waals surface area contributed by atoms with Crippen LogP contribution >= 0.6 is 0 Å². The summed E-state index contributed by atoms with van der Waals surface area (Å²) in [7, 11) is 1.53.